The molecule has 2 aliphatic heterocycles. The number of alkyl halides is 3. The van der Waals surface area contributed by atoms with E-state index < -0.39 is 9.89 Å². The van der Waals surface area contributed by atoms with Crippen LogP contribution in [-0.2, 0) is 9.53 Å². The minimum atomic E-state index is -1.63. The fraction of sp³-hybridized carbons (Fsp3) is 0.714. The molecule has 118 valence electrons. The quantitative estimate of drug-likeness (QED) is 0.723. The van der Waals surface area contributed by atoms with Crippen molar-refractivity contribution in [3.63, 3.8) is 0 Å². The topological polar surface area (TPSA) is 46.6 Å². The average Bonchev–Trinajstić information content (AvgIpc) is 2.74. The first-order valence-corrected chi connectivity index (χ1v) is 8.18. The van der Waals surface area contributed by atoms with Gasteiger partial charge in [0.15, 0.2) is 5.78 Å². The fourth-order valence-corrected chi connectivity index (χ4v) is 3.09. The molecule has 1 amide bonds. The molecule has 3 aliphatic rings. The van der Waals surface area contributed by atoms with Gasteiger partial charge < -0.3 is 9.64 Å². The summed E-state index contributed by atoms with van der Waals surface area (Å²) in [5.74, 6) is 0.449. The predicted octanol–water partition coefficient (Wildman–Crippen LogP) is 3.88. The van der Waals surface area contributed by atoms with Crippen molar-refractivity contribution < 1.29 is 14.3 Å². The average molecular weight is 355 g/mol. The van der Waals surface area contributed by atoms with Gasteiger partial charge in [0.2, 0.25) is 3.79 Å². The van der Waals surface area contributed by atoms with Crippen molar-refractivity contribution in [1.82, 2.24) is 4.90 Å². The highest BCUT2D eigenvalue weighted by Crippen LogP contribution is 2.35. The molecule has 21 heavy (non-hydrogen) atoms. The molecule has 2 bridgehead atoms. The third-order valence-electron chi connectivity index (χ3n) is 3.95. The van der Waals surface area contributed by atoms with Gasteiger partial charge in [0.1, 0.15) is 6.61 Å². The summed E-state index contributed by atoms with van der Waals surface area (Å²) in [6, 6.07) is -0.209. The Kier molecular flexibility index (Phi) is 5.44. The molecule has 7 heteroatoms. The van der Waals surface area contributed by atoms with E-state index in [1.807, 2.05) is 13.0 Å². The molecule has 0 radical (unpaired) electrons. The molecule has 1 aliphatic carbocycles. The first-order valence-electron chi connectivity index (χ1n) is 7.05. The van der Waals surface area contributed by atoms with Crippen LogP contribution in [-0.4, -0.2) is 39.8 Å². The van der Waals surface area contributed by atoms with Crippen LogP contribution in [0.25, 0.3) is 0 Å². The second-order valence-electron chi connectivity index (χ2n) is 5.45. The van der Waals surface area contributed by atoms with Crippen molar-refractivity contribution in [3.8, 4) is 0 Å². The van der Waals surface area contributed by atoms with Crippen LogP contribution in [0.4, 0.5) is 4.79 Å². The molecule has 1 fully saturated rings. The van der Waals surface area contributed by atoms with Crippen LogP contribution in [0.5, 0.6) is 0 Å². The maximum absolute atomic E-state index is 12.2. The predicted molar refractivity (Wildman–Crippen MR) is 82.9 cm³/mol. The van der Waals surface area contributed by atoms with E-state index in [2.05, 4.69) is 0 Å². The van der Waals surface area contributed by atoms with Gasteiger partial charge >= 0.3 is 6.09 Å². The second kappa shape index (κ2) is 6.76. The standard InChI is InChI=1S/C14H18Cl3NO3/c1-2-12(19)10-5-3-9-4-6-11(10)18(7-9)13(20)21-8-14(15,16)17/h5,9,11H,2-4,6-8H2,1H3/t9-,11-/m1/s1. The Bertz CT molecular complexity index is 459. The van der Waals surface area contributed by atoms with Crippen molar-refractivity contribution in [1.29, 1.82) is 0 Å². The molecule has 1 saturated heterocycles. The number of fused-ring (bicyclic) bond motifs is 3. The number of carbonyl (C=O) groups is 2. The number of piperidine rings is 1. The van der Waals surface area contributed by atoms with E-state index in [0.29, 0.717) is 18.9 Å². The van der Waals surface area contributed by atoms with Crippen LogP contribution in [0.3, 0.4) is 0 Å². The highest BCUT2D eigenvalue weighted by Gasteiger charge is 2.39. The van der Waals surface area contributed by atoms with Crippen LogP contribution in [0.1, 0.15) is 32.6 Å². The van der Waals surface area contributed by atoms with Crippen LogP contribution in [0, 0.1) is 5.92 Å². The number of ketones is 1. The highest BCUT2D eigenvalue weighted by atomic mass is 35.6. The minimum absolute atomic E-state index is 0.0849. The van der Waals surface area contributed by atoms with E-state index in [-0.39, 0.29) is 18.4 Å². The smallest absolute Gasteiger partial charge is 0.410 e. The zero-order chi connectivity index (χ0) is 15.6. The summed E-state index contributed by atoms with van der Waals surface area (Å²) in [7, 11) is 0. The molecule has 4 nitrogen and oxygen atoms in total. The van der Waals surface area contributed by atoms with Gasteiger partial charge in [-0.1, -0.05) is 47.8 Å². The van der Waals surface area contributed by atoms with Crippen molar-refractivity contribution in [2.24, 2.45) is 5.92 Å². The van der Waals surface area contributed by atoms with E-state index in [1.54, 1.807) is 4.90 Å². The lowest BCUT2D eigenvalue weighted by atomic mass is 9.91. The monoisotopic (exact) mass is 353 g/mol. The summed E-state index contributed by atoms with van der Waals surface area (Å²) in [5, 5.41) is 0. The van der Waals surface area contributed by atoms with Gasteiger partial charge in [-0.3, -0.25) is 4.79 Å². The van der Waals surface area contributed by atoms with Crippen molar-refractivity contribution in [2.45, 2.75) is 42.4 Å². The van der Waals surface area contributed by atoms with Gasteiger partial charge in [0, 0.05) is 18.5 Å². The highest BCUT2D eigenvalue weighted by molar-refractivity contribution is 6.67. The van der Waals surface area contributed by atoms with Crippen molar-refractivity contribution in [3.05, 3.63) is 11.6 Å². The van der Waals surface area contributed by atoms with E-state index in [9.17, 15) is 9.59 Å². The Balaban J connectivity index is 2.11. The summed E-state index contributed by atoms with van der Waals surface area (Å²) in [6.45, 7) is 2.11. The third-order valence-corrected chi connectivity index (χ3v) is 4.27. The zero-order valence-electron chi connectivity index (χ0n) is 11.8. The van der Waals surface area contributed by atoms with Gasteiger partial charge in [-0.25, -0.2) is 4.79 Å². The van der Waals surface area contributed by atoms with Gasteiger partial charge in [-0.2, -0.15) is 0 Å². The van der Waals surface area contributed by atoms with E-state index in [1.165, 1.54) is 0 Å². The first-order chi connectivity index (χ1) is 9.81. The van der Waals surface area contributed by atoms with Crippen LogP contribution < -0.4 is 0 Å². The Hall–Kier alpha value is -0.450. The lowest BCUT2D eigenvalue weighted by Crippen LogP contribution is -2.48. The number of rotatable bonds is 3. The van der Waals surface area contributed by atoms with Crippen LogP contribution >= 0.6 is 34.8 Å². The molecule has 0 aromatic heterocycles. The molecule has 2 heterocycles. The van der Waals surface area contributed by atoms with Crippen LogP contribution in [0.15, 0.2) is 11.6 Å². The lowest BCUT2D eigenvalue weighted by Gasteiger charge is -2.37. The molecule has 0 aromatic carbocycles. The summed E-state index contributed by atoms with van der Waals surface area (Å²) >= 11 is 16.8. The number of Topliss-reactive ketones (excluding diaryl/α,β-unsaturated/α-hetero) is 1. The largest absolute Gasteiger partial charge is 0.445 e. The molecule has 0 unspecified atom stereocenters. The molecular formula is C14H18Cl3NO3. The summed E-state index contributed by atoms with van der Waals surface area (Å²) in [5.41, 5.74) is 0.725. The summed E-state index contributed by atoms with van der Waals surface area (Å²) in [4.78, 5) is 25.9. The number of allylic oxidation sites excluding steroid dienone is 1. The van der Waals surface area contributed by atoms with Gasteiger partial charge in [-0.05, 0) is 25.2 Å². The summed E-state index contributed by atoms with van der Waals surface area (Å²) < 4.78 is 3.44. The number of hydrogen-bond acceptors (Lipinski definition) is 3. The Morgan fingerprint density at radius 1 is 1.38 bits per heavy atom. The maximum Gasteiger partial charge on any atom is 0.410 e. The van der Waals surface area contributed by atoms with Gasteiger partial charge in [0.05, 0.1) is 6.04 Å². The number of amides is 1. The Morgan fingerprint density at radius 2 is 2.10 bits per heavy atom. The first kappa shape index (κ1) is 16.9. The molecule has 0 N–H and O–H groups in total. The second-order valence-corrected chi connectivity index (χ2v) is 7.97. The van der Waals surface area contributed by atoms with E-state index in [4.69, 9.17) is 39.5 Å². The number of carbonyl (C=O) groups excluding carboxylic acids is 2. The normalized spacial score (nSPS) is 25.3. The Labute approximate surface area is 139 Å². The van der Waals surface area contributed by atoms with Gasteiger partial charge in [-0.15, -0.1) is 0 Å². The molecular weight excluding hydrogens is 337 g/mol. The maximum atomic E-state index is 12.2. The number of nitrogens with zero attached hydrogens (tertiary/aromatic N) is 1. The number of hydrogen-bond donors (Lipinski definition) is 0. The molecule has 0 spiro atoms. The molecule has 0 saturated carbocycles. The molecule has 0 aromatic rings. The number of halogens is 3. The van der Waals surface area contributed by atoms with Crippen molar-refractivity contribution in [2.75, 3.05) is 13.2 Å². The van der Waals surface area contributed by atoms with Gasteiger partial charge in [0.25, 0.3) is 0 Å². The van der Waals surface area contributed by atoms with E-state index >= 15 is 0 Å². The van der Waals surface area contributed by atoms with Crippen molar-refractivity contribution >= 4 is 46.7 Å². The zero-order valence-corrected chi connectivity index (χ0v) is 14.0. The minimum Gasteiger partial charge on any atom is -0.445 e. The lowest BCUT2D eigenvalue weighted by molar-refractivity contribution is -0.116. The van der Waals surface area contributed by atoms with E-state index in [0.717, 1.165) is 24.8 Å². The number of ether oxygens (including phenoxy) is 1. The molecule has 3 rings (SSSR count). The fourth-order valence-electron chi connectivity index (χ4n) is 2.92. The van der Waals surface area contributed by atoms with Crippen LogP contribution in [0.2, 0.25) is 0 Å². The third kappa shape index (κ3) is 4.27. The Morgan fingerprint density at radius 3 is 2.71 bits per heavy atom. The summed E-state index contributed by atoms with van der Waals surface area (Å²) in [6.07, 6.45) is 4.51. The SMILES string of the molecule is CCC(=O)C1=CC[C@@H]2CC[C@H]1N(C(=O)OCC(Cl)(Cl)Cl)C2. The molecule has 2 atom stereocenters.